The maximum atomic E-state index is 12.1. The molecular weight excluding hydrogens is 230 g/mol. The number of nitrogens with one attached hydrogen (secondary N) is 2. The summed E-state index contributed by atoms with van der Waals surface area (Å²) in [6.45, 7) is 0.517. The van der Waals surface area contributed by atoms with Gasteiger partial charge in [-0.3, -0.25) is 9.89 Å². The number of rotatable bonds is 4. The van der Waals surface area contributed by atoms with Crippen LogP contribution in [0.25, 0.3) is 0 Å². The zero-order valence-corrected chi connectivity index (χ0v) is 10.3. The lowest BCUT2D eigenvalue weighted by Crippen LogP contribution is -2.26. The van der Waals surface area contributed by atoms with Crippen molar-refractivity contribution in [1.82, 2.24) is 20.1 Å². The van der Waals surface area contributed by atoms with Crippen LogP contribution in [0.1, 0.15) is 15.9 Å². The molecule has 18 heavy (non-hydrogen) atoms. The SMILES string of the molecule is CNc1ccc(C(=O)N(C)Cc2cn[nH]c2)cn1. The number of carbonyl (C=O) groups is 1. The number of carbonyl (C=O) groups excluding carboxylic acids is 1. The quantitative estimate of drug-likeness (QED) is 0.846. The molecule has 0 spiro atoms. The predicted octanol–water partition coefficient (Wildman–Crippen LogP) is 1.12. The second-order valence-electron chi connectivity index (χ2n) is 3.95. The highest BCUT2D eigenvalue weighted by molar-refractivity contribution is 5.93. The topological polar surface area (TPSA) is 73.9 Å². The summed E-state index contributed by atoms with van der Waals surface area (Å²) in [5, 5.41) is 9.48. The van der Waals surface area contributed by atoms with Crippen LogP contribution >= 0.6 is 0 Å². The van der Waals surface area contributed by atoms with Gasteiger partial charge in [-0.15, -0.1) is 0 Å². The van der Waals surface area contributed by atoms with Crippen LogP contribution < -0.4 is 5.32 Å². The van der Waals surface area contributed by atoms with Crippen LogP contribution in [-0.2, 0) is 6.54 Å². The molecule has 0 aliphatic heterocycles. The fraction of sp³-hybridized carbons (Fsp3) is 0.250. The summed E-state index contributed by atoms with van der Waals surface area (Å²) in [6, 6.07) is 3.53. The first-order valence-electron chi connectivity index (χ1n) is 5.57. The third-order valence-electron chi connectivity index (χ3n) is 2.59. The molecule has 0 atom stereocenters. The van der Waals surface area contributed by atoms with E-state index >= 15 is 0 Å². The van der Waals surface area contributed by atoms with E-state index in [1.807, 2.05) is 0 Å². The molecule has 0 aliphatic carbocycles. The summed E-state index contributed by atoms with van der Waals surface area (Å²) >= 11 is 0. The first kappa shape index (κ1) is 12.1. The van der Waals surface area contributed by atoms with Gasteiger partial charge in [-0.25, -0.2) is 4.98 Å². The molecule has 0 saturated heterocycles. The van der Waals surface area contributed by atoms with Crippen molar-refractivity contribution >= 4 is 11.7 Å². The first-order valence-corrected chi connectivity index (χ1v) is 5.57. The zero-order chi connectivity index (χ0) is 13.0. The molecule has 0 aromatic carbocycles. The predicted molar refractivity (Wildman–Crippen MR) is 68.2 cm³/mol. The van der Waals surface area contributed by atoms with Crippen molar-refractivity contribution in [2.75, 3.05) is 19.4 Å². The van der Waals surface area contributed by atoms with E-state index in [4.69, 9.17) is 0 Å². The van der Waals surface area contributed by atoms with Crippen molar-refractivity contribution in [1.29, 1.82) is 0 Å². The average Bonchev–Trinajstić information content (AvgIpc) is 2.91. The Labute approximate surface area is 105 Å². The van der Waals surface area contributed by atoms with Crippen molar-refractivity contribution in [3.63, 3.8) is 0 Å². The molecule has 0 unspecified atom stereocenters. The van der Waals surface area contributed by atoms with Crippen molar-refractivity contribution in [2.45, 2.75) is 6.54 Å². The van der Waals surface area contributed by atoms with Gasteiger partial charge in [0.25, 0.3) is 5.91 Å². The molecule has 0 radical (unpaired) electrons. The monoisotopic (exact) mass is 245 g/mol. The van der Waals surface area contributed by atoms with Gasteiger partial charge in [0.2, 0.25) is 0 Å². The number of nitrogens with zero attached hydrogens (tertiary/aromatic N) is 3. The Morgan fingerprint density at radius 1 is 1.44 bits per heavy atom. The Bertz CT molecular complexity index is 506. The van der Waals surface area contributed by atoms with Crippen LogP contribution in [0.3, 0.4) is 0 Å². The van der Waals surface area contributed by atoms with Gasteiger partial charge in [0.1, 0.15) is 5.82 Å². The van der Waals surface area contributed by atoms with Crippen LogP contribution in [0.5, 0.6) is 0 Å². The Morgan fingerprint density at radius 2 is 2.28 bits per heavy atom. The largest absolute Gasteiger partial charge is 0.373 e. The molecule has 2 rings (SSSR count). The third-order valence-corrected chi connectivity index (χ3v) is 2.59. The van der Waals surface area contributed by atoms with E-state index in [0.29, 0.717) is 12.1 Å². The summed E-state index contributed by atoms with van der Waals surface area (Å²) in [5.74, 6) is 0.676. The van der Waals surface area contributed by atoms with Crippen LogP contribution in [0.15, 0.2) is 30.7 Å². The van der Waals surface area contributed by atoms with Gasteiger partial charge in [-0.2, -0.15) is 5.10 Å². The number of hydrogen-bond donors (Lipinski definition) is 2. The molecule has 0 saturated carbocycles. The summed E-state index contributed by atoms with van der Waals surface area (Å²) in [5.41, 5.74) is 1.53. The summed E-state index contributed by atoms with van der Waals surface area (Å²) < 4.78 is 0. The molecule has 2 N–H and O–H groups in total. The maximum absolute atomic E-state index is 12.1. The highest BCUT2D eigenvalue weighted by atomic mass is 16.2. The number of anilines is 1. The first-order chi connectivity index (χ1) is 8.70. The second kappa shape index (κ2) is 5.31. The van der Waals surface area contributed by atoms with Gasteiger partial charge in [0, 0.05) is 38.6 Å². The lowest BCUT2D eigenvalue weighted by molar-refractivity contribution is 0.0785. The normalized spacial score (nSPS) is 10.1. The molecule has 2 heterocycles. The van der Waals surface area contributed by atoms with Crippen LogP contribution in [-0.4, -0.2) is 40.1 Å². The molecule has 0 fully saturated rings. The van der Waals surface area contributed by atoms with Crippen molar-refractivity contribution in [3.05, 3.63) is 41.9 Å². The number of amides is 1. The summed E-state index contributed by atoms with van der Waals surface area (Å²) in [4.78, 5) is 17.9. The van der Waals surface area contributed by atoms with Crippen molar-refractivity contribution in [2.24, 2.45) is 0 Å². The third kappa shape index (κ3) is 2.65. The molecule has 1 amide bonds. The number of pyridine rings is 1. The van der Waals surface area contributed by atoms with E-state index in [0.717, 1.165) is 11.4 Å². The van der Waals surface area contributed by atoms with E-state index < -0.39 is 0 Å². The zero-order valence-electron chi connectivity index (χ0n) is 10.3. The molecule has 0 bridgehead atoms. The molecule has 0 aliphatic rings. The Hall–Kier alpha value is -2.37. The molecular formula is C12H15N5O. The maximum Gasteiger partial charge on any atom is 0.255 e. The fourth-order valence-electron chi connectivity index (χ4n) is 1.60. The lowest BCUT2D eigenvalue weighted by atomic mass is 10.2. The highest BCUT2D eigenvalue weighted by Crippen LogP contribution is 2.08. The van der Waals surface area contributed by atoms with Gasteiger partial charge in [0.15, 0.2) is 0 Å². The fourth-order valence-corrected chi connectivity index (χ4v) is 1.60. The highest BCUT2D eigenvalue weighted by Gasteiger charge is 2.12. The van der Waals surface area contributed by atoms with Crippen molar-refractivity contribution < 1.29 is 4.79 Å². The van der Waals surface area contributed by atoms with Gasteiger partial charge >= 0.3 is 0 Å². The summed E-state index contributed by atoms with van der Waals surface area (Å²) in [7, 11) is 3.54. The summed E-state index contributed by atoms with van der Waals surface area (Å²) in [6.07, 6.45) is 5.04. The van der Waals surface area contributed by atoms with E-state index in [9.17, 15) is 4.79 Å². The number of H-pyrrole nitrogens is 1. The minimum absolute atomic E-state index is 0.0636. The van der Waals surface area contributed by atoms with Gasteiger partial charge in [0.05, 0.1) is 11.8 Å². The Balaban J connectivity index is 2.05. The molecule has 2 aromatic rings. The van der Waals surface area contributed by atoms with Gasteiger partial charge < -0.3 is 10.2 Å². The minimum Gasteiger partial charge on any atom is -0.373 e. The van der Waals surface area contributed by atoms with Gasteiger partial charge in [-0.1, -0.05) is 0 Å². The van der Waals surface area contributed by atoms with Crippen LogP contribution in [0.2, 0.25) is 0 Å². The van der Waals surface area contributed by atoms with E-state index in [2.05, 4.69) is 20.5 Å². The average molecular weight is 245 g/mol. The van der Waals surface area contributed by atoms with E-state index in [-0.39, 0.29) is 5.91 Å². The number of aromatic amines is 1. The lowest BCUT2D eigenvalue weighted by Gasteiger charge is -2.16. The van der Waals surface area contributed by atoms with Crippen molar-refractivity contribution in [3.8, 4) is 0 Å². The van der Waals surface area contributed by atoms with Crippen LogP contribution in [0, 0.1) is 0 Å². The number of aromatic nitrogens is 3. The molecule has 6 nitrogen and oxygen atoms in total. The second-order valence-corrected chi connectivity index (χ2v) is 3.95. The Morgan fingerprint density at radius 3 is 2.83 bits per heavy atom. The smallest absolute Gasteiger partial charge is 0.255 e. The van der Waals surface area contributed by atoms with E-state index in [1.54, 1.807) is 49.7 Å². The molecule has 6 heteroatoms. The molecule has 2 aromatic heterocycles. The number of hydrogen-bond acceptors (Lipinski definition) is 4. The van der Waals surface area contributed by atoms with Gasteiger partial charge in [-0.05, 0) is 12.1 Å². The van der Waals surface area contributed by atoms with Crippen LogP contribution in [0.4, 0.5) is 5.82 Å². The standard InChI is InChI=1S/C12H15N5O/c1-13-11-4-3-10(7-14-11)12(18)17(2)8-9-5-15-16-6-9/h3-7H,8H2,1-2H3,(H,13,14)(H,15,16). The van der Waals surface area contributed by atoms with E-state index in [1.165, 1.54) is 0 Å². The minimum atomic E-state index is -0.0636. The molecule has 94 valence electrons. The Kier molecular flexibility index (Phi) is 3.57.